The first-order chi connectivity index (χ1) is 8.08. The van der Waals surface area contributed by atoms with Gasteiger partial charge in [0, 0.05) is 11.6 Å². The van der Waals surface area contributed by atoms with Crippen LogP contribution in [-0.2, 0) is 0 Å². The second-order valence-electron chi connectivity index (χ2n) is 3.94. The van der Waals surface area contributed by atoms with Gasteiger partial charge in [-0.15, -0.1) is 0 Å². The van der Waals surface area contributed by atoms with Crippen LogP contribution in [0, 0.1) is 0 Å². The average Bonchev–Trinajstić information content (AvgIpc) is 2.35. The van der Waals surface area contributed by atoms with E-state index in [9.17, 15) is 0 Å². The van der Waals surface area contributed by atoms with E-state index < -0.39 is 0 Å². The second-order valence-corrected chi connectivity index (χ2v) is 4.16. The normalized spacial score (nSPS) is 13.4. The molecular weight excluding hydrogens is 238 g/mol. The molecule has 1 unspecified atom stereocenters. The van der Waals surface area contributed by atoms with Crippen molar-refractivity contribution in [3.63, 3.8) is 0 Å². The molecule has 0 saturated carbocycles. The topological polar surface area (TPSA) is 44.5 Å². The Morgan fingerprint density at radius 2 is 2.18 bits per heavy atom. The zero-order chi connectivity index (χ0) is 12.8. The van der Waals surface area contributed by atoms with Gasteiger partial charge in [0.15, 0.2) is 11.5 Å². The van der Waals surface area contributed by atoms with E-state index in [0.717, 1.165) is 11.1 Å². The Morgan fingerprint density at radius 1 is 1.47 bits per heavy atom. The van der Waals surface area contributed by atoms with E-state index in [-0.39, 0.29) is 6.04 Å². The summed E-state index contributed by atoms with van der Waals surface area (Å²) in [6.45, 7) is 4.27. The molecule has 1 rings (SSSR count). The highest BCUT2D eigenvalue weighted by Crippen LogP contribution is 2.30. The predicted octanol–water partition coefficient (Wildman–Crippen LogP) is 3.24. The molecule has 1 aromatic rings. The number of halogens is 1. The van der Waals surface area contributed by atoms with Crippen molar-refractivity contribution < 1.29 is 9.47 Å². The summed E-state index contributed by atoms with van der Waals surface area (Å²) in [6, 6.07) is 5.66. The number of methoxy groups -OCH3 is 1. The van der Waals surface area contributed by atoms with Gasteiger partial charge in [-0.2, -0.15) is 0 Å². The molecule has 0 radical (unpaired) electrons. The highest BCUT2D eigenvalue weighted by molar-refractivity contribution is 6.25. The van der Waals surface area contributed by atoms with Gasteiger partial charge in [-0.25, -0.2) is 0 Å². The van der Waals surface area contributed by atoms with Crippen LogP contribution in [0.15, 0.2) is 29.3 Å². The molecule has 4 heteroatoms. The first-order valence-electron chi connectivity index (χ1n) is 5.40. The van der Waals surface area contributed by atoms with Gasteiger partial charge in [-0.1, -0.05) is 17.7 Å². The Hall–Kier alpha value is -1.19. The van der Waals surface area contributed by atoms with E-state index in [0.29, 0.717) is 18.1 Å². The van der Waals surface area contributed by atoms with Crippen LogP contribution in [0.25, 0.3) is 0 Å². The first-order valence-corrected chi connectivity index (χ1v) is 5.84. The molecule has 0 spiro atoms. The van der Waals surface area contributed by atoms with Crippen LogP contribution in [0.5, 0.6) is 11.5 Å². The summed E-state index contributed by atoms with van der Waals surface area (Å²) in [5, 5.41) is 0. The summed E-state index contributed by atoms with van der Waals surface area (Å²) >= 11 is 5.57. The van der Waals surface area contributed by atoms with Crippen molar-refractivity contribution in [3.05, 3.63) is 34.9 Å². The van der Waals surface area contributed by atoms with Gasteiger partial charge in [0.2, 0.25) is 0 Å². The van der Waals surface area contributed by atoms with Crippen molar-refractivity contribution in [2.45, 2.75) is 19.9 Å². The van der Waals surface area contributed by atoms with Gasteiger partial charge in [0.05, 0.1) is 7.11 Å². The van der Waals surface area contributed by atoms with E-state index >= 15 is 0 Å². The maximum atomic E-state index is 5.81. The molecule has 3 nitrogen and oxygen atoms in total. The Kier molecular flexibility index (Phi) is 5.32. The molecule has 1 atom stereocenters. The fraction of sp³-hybridized carbons (Fsp3) is 0.385. The zero-order valence-electron chi connectivity index (χ0n) is 10.4. The van der Waals surface area contributed by atoms with Crippen molar-refractivity contribution >= 4 is 11.6 Å². The summed E-state index contributed by atoms with van der Waals surface area (Å²) in [7, 11) is 1.61. The van der Waals surface area contributed by atoms with Crippen LogP contribution in [-0.4, -0.2) is 13.7 Å². The third-order valence-electron chi connectivity index (χ3n) is 2.36. The third-order valence-corrected chi connectivity index (χ3v) is 2.73. The fourth-order valence-corrected chi connectivity index (χ4v) is 1.37. The molecule has 0 saturated heterocycles. The standard InChI is InChI=1S/C13H18ClNO2/c1-9(7-14)8-17-12-5-4-11(10(2)15)6-13(12)16-3/h4-7,10H,8,15H2,1-3H3/b9-7+. The quantitative estimate of drug-likeness (QED) is 0.879. The lowest BCUT2D eigenvalue weighted by Crippen LogP contribution is -2.06. The maximum absolute atomic E-state index is 5.81. The van der Waals surface area contributed by atoms with Crippen LogP contribution in [0.4, 0.5) is 0 Å². The molecule has 17 heavy (non-hydrogen) atoms. The van der Waals surface area contributed by atoms with Crippen LogP contribution < -0.4 is 15.2 Å². The van der Waals surface area contributed by atoms with Gasteiger partial charge in [-0.05, 0) is 37.1 Å². The number of rotatable bonds is 5. The molecule has 0 fully saturated rings. The molecule has 1 aromatic carbocycles. The first kappa shape index (κ1) is 13.9. The molecule has 0 aliphatic rings. The Labute approximate surface area is 107 Å². The molecule has 0 bridgehead atoms. The lowest BCUT2D eigenvalue weighted by Gasteiger charge is -2.13. The van der Waals surface area contributed by atoms with E-state index in [4.69, 9.17) is 26.8 Å². The summed E-state index contributed by atoms with van der Waals surface area (Å²) in [4.78, 5) is 0. The number of hydrogen-bond acceptors (Lipinski definition) is 3. The fourth-order valence-electron chi connectivity index (χ4n) is 1.31. The van der Waals surface area contributed by atoms with Crippen LogP contribution in [0.1, 0.15) is 25.5 Å². The molecule has 0 aliphatic carbocycles. The van der Waals surface area contributed by atoms with Crippen molar-refractivity contribution in [1.29, 1.82) is 0 Å². The Bertz CT molecular complexity index is 402. The maximum Gasteiger partial charge on any atom is 0.161 e. The van der Waals surface area contributed by atoms with E-state index in [1.54, 1.807) is 7.11 Å². The Morgan fingerprint density at radius 3 is 2.71 bits per heavy atom. The number of nitrogens with two attached hydrogens (primary N) is 1. The Balaban J connectivity index is 2.85. The van der Waals surface area contributed by atoms with Crippen molar-refractivity contribution in [3.8, 4) is 11.5 Å². The van der Waals surface area contributed by atoms with Gasteiger partial charge >= 0.3 is 0 Å². The monoisotopic (exact) mass is 255 g/mol. The summed E-state index contributed by atoms with van der Waals surface area (Å²) in [5.74, 6) is 1.37. The van der Waals surface area contributed by atoms with Crippen LogP contribution in [0.3, 0.4) is 0 Å². The average molecular weight is 256 g/mol. The van der Waals surface area contributed by atoms with Gasteiger partial charge in [-0.3, -0.25) is 0 Å². The minimum atomic E-state index is -0.0255. The molecule has 94 valence electrons. The molecular formula is C13H18ClNO2. The lowest BCUT2D eigenvalue weighted by molar-refractivity contribution is 0.319. The number of hydrogen-bond donors (Lipinski definition) is 1. The smallest absolute Gasteiger partial charge is 0.161 e. The molecule has 0 aromatic heterocycles. The number of ether oxygens (including phenoxy) is 2. The van der Waals surface area contributed by atoms with E-state index in [1.807, 2.05) is 32.0 Å². The van der Waals surface area contributed by atoms with Gasteiger partial charge in [0.1, 0.15) is 6.61 Å². The predicted molar refractivity (Wildman–Crippen MR) is 70.7 cm³/mol. The zero-order valence-corrected chi connectivity index (χ0v) is 11.1. The molecule has 0 amide bonds. The highest BCUT2D eigenvalue weighted by Gasteiger charge is 2.08. The van der Waals surface area contributed by atoms with E-state index in [1.165, 1.54) is 5.54 Å². The van der Waals surface area contributed by atoms with Crippen LogP contribution >= 0.6 is 11.6 Å². The van der Waals surface area contributed by atoms with Crippen molar-refractivity contribution in [2.75, 3.05) is 13.7 Å². The third kappa shape index (κ3) is 3.95. The minimum Gasteiger partial charge on any atom is -0.493 e. The van der Waals surface area contributed by atoms with Crippen LogP contribution in [0.2, 0.25) is 0 Å². The second kappa shape index (κ2) is 6.52. The highest BCUT2D eigenvalue weighted by atomic mass is 35.5. The summed E-state index contributed by atoms with van der Waals surface area (Å²) < 4.78 is 10.9. The largest absolute Gasteiger partial charge is 0.493 e. The molecule has 0 heterocycles. The van der Waals surface area contributed by atoms with Crippen molar-refractivity contribution in [1.82, 2.24) is 0 Å². The molecule has 0 aliphatic heterocycles. The number of benzene rings is 1. The van der Waals surface area contributed by atoms with Gasteiger partial charge in [0.25, 0.3) is 0 Å². The summed E-state index contributed by atoms with van der Waals surface area (Å²) in [5.41, 5.74) is 9.27. The SMILES string of the molecule is COc1cc(C(C)N)ccc1OC/C(C)=C/Cl. The lowest BCUT2D eigenvalue weighted by atomic mass is 10.1. The minimum absolute atomic E-state index is 0.0255. The molecule has 2 N–H and O–H groups in total. The van der Waals surface area contributed by atoms with E-state index in [2.05, 4.69) is 0 Å². The van der Waals surface area contributed by atoms with Gasteiger partial charge < -0.3 is 15.2 Å². The van der Waals surface area contributed by atoms with Crippen molar-refractivity contribution in [2.24, 2.45) is 5.73 Å². The summed E-state index contributed by atoms with van der Waals surface area (Å²) in [6.07, 6.45) is 0.